The number of rotatable bonds is 7. The first-order valence-electron chi connectivity index (χ1n) is 12.8. The van der Waals surface area contributed by atoms with E-state index in [1.54, 1.807) is 18.2 Å². The Morgan fingerprint density at radius 1 is 0.892 bits per heavy atom. The maximum absolute atomic E-state index is 13.8. The predicted octanol–water partition coefficient (Wildman–Crippen LogP) is 3.77. The van der Waals surface area contributed by atoms with Crippen LogP contribution in [0.15, 0.2) is 60.7 Å². The second-order valence-electron chi connectivity index (χ2n) is 9.09. The molecule has 0 bridgehead atoms. The molecule has 2 aliphatic heterocycles. The Hall–Kier alpha value is -3.67. The molecule has 0 spiro atoms. The summed E-state index contributed by atoms with van der Waals surface area (Å²) in [7, 11) is 0. The van der Waals surface area contributed by atoms with Crippen molar-refractivity contribution in [3.63, 3.8) is 0 Å². The minimum atomic E-state index is -0.323. The van der Waals surface area contributed by atoms with E-state index in [0.29, 0.717) is 18.1 Å². The molecule has 3 heterocycles. The minimum Gasteiger partial charge on any atom is -0.492 e. The van der Waals surface area contributed by atoms with Crippen molar-refractivity contribution in [3.05, 3.63) is 77.7 Å². The highest BCUT2D eigenvalue weighted by Gasteiger charge is 2.22. The summed E-state index contributed by atoms with van der Waals surface area (Å²) in [5, 5.41) is 8.65. The molecule has 0 atom stereocenters. The van der Waals surface area contributed by atoms with Crippen LogP contribution in [0.25, 0.3) is 0 Å². The van der Waals surface area contributed by atoms with Crippen LogP contribution in [0.3, 0.4) is 0 Å². The Bertz CT molecular complexity index is 1200. The van der Waals surface area contributed by atoms with Crippen molar-refractivity contribution in [1.82, 2.24) is 15.1 Å². The molecule has 1 aromatic heterocycles. The Balaban J connectivity index is 1.07. The van der Waals surface area contributed by atoms with E-state index in [9.17, 15) is 4.39 Å². The highest BCUT2D eigenvalue weighted by Crippen LogP contribution is 2.23. The largest absolute Gasteiger partial charge is 0.492 e. The predicted molar refractivity (Wildman–Crippen MR) is 139 cm³/mol. The zero-order valence-electron chi connectivity index (χ0n) is 20.8. The van der Waals surface area contributed by atoms with Crippen LogP contribution >= 0.6 is 0 Å². The molecule has 0 saturated carbocycles. The molecule has 37 heavy (non-hydrogen) atoms. The SMILES string of the molecule is Fc1ccccc1OC1CCN(c2ccc(C#Cc3ccc(OCCN4CCOCC4)cc3)nn2)CC1. The number of morpholine rings is 1. The summed E-state index contributed by atoms with van der Waals surface area (Å²) in [4.78, 5) is 4.52. The summed E-state index contributed by atoms with van der Waals surface area (Å²) < 4.78 is 30.9. The summed E-state index contributed by atoms with van der Waals surface area (Å²) in [6.45, 7) is 6.64. The molecule has 2 aliphatic rings. The number of nitrogens with zero attached hydrogens (tertiary/aromatic N) is 4. The molecule has 0 amide bonds. The van der Waals surface area contributed by atoms with E-state index in [2.05, 4.69) is 31.8 Å². The average molecular weight is 503 g/mol. The van der Waals surface area contributed by atoms with Crippen LogP contribution in [0.5, 0.6) is 11.5 Å². The lowest BCUT2D eigenvalue weighted by Crippen LogP contribution is -2.38. The van der Waals surface area contributed by atoms with Gasteiger partial charge in [0.05, 0.1) is 13.2 Å². The van der Waals surface area contributed by atoms with Crippen molar-refractivity contribution in [2.24, 2.45) is 0 Å². The zero-order chi connectivity index (χ0) is 25.3. The van der Waals surface area contributed by atoms with Crippen molar-refractivity contribution < 1.29 is 18.6 Å². The smallest absolute Gasteiger partial charge is 0.165 e. The lowest BCUT2D eigenvalue weighted by atomic mass is 10.1. The summed E-state index contributed by atoms with van der Waals surface area (Å²) in [5.74, 6) is 7.86. The highest BCUT2D eigenvalue weighted by atomic mass is 19.1. The Morgan fingerprint density at radius 2 is 1.68 bits per heavy atom. The van der Waals surface area contributed by atoms with Crippen molar-refractivity contribution in [2.45, 2.75) is 18.9 Å². The van der Waals surface area contributed by atoms with Gasteiger partial charge < -0.3 is 19.1 Å². The van der Waals surface area contributed by atoms with Gasteiger partial charge in [-0.25, -0.2) is 4.39 Å². The maximum Gasteiger partial charge on any atom is 0.165 e. The molecule has 2 saturated heterocycles. The van der Waals surface area contributed by atoms with Gasteiger partial charge in [0.1, 0.15) is 24.2 Å². The summed E-state index contributed by atoms with van der Waals surface area (Å²) in [5.41, 5.74) is 1.51. The van der Waals surface area contributed by atoms with E-state index in [-0.39, 0.29) is 11.9 Å². The maximum atomic E-state index is 13.8. The molecule has 5 rings (SSSR count). The zero-order valence-corrected chi connectivity index (χ0v) is 20.8. The van der Waals surface area contributed by atoms with Crippen LogP contribution in [0.4, 0.5) is 10.2 Å². The molecule has 2 fully saturated rings. The first-order chi connectivity index (χ1) is 18.2. The number of para-hydroxylation sites is 1. The van der Waals surface area contributed by atoms with Crippen LogP contribution in [0.2, 0.25) is 0 Å². The third kappa shape index (κ3) is 7.19. The molecule has 0 aliphatic carbocycles. The van der Waals surface area contributed by atoms with Gasteiger partial charge in [0, 0.05) is 51.1 Å². The first-order valence-corrected chi connectivity index (χ1v) is 12.8. The number of hydrogen-bond donors (Lipinski definition) is 0. The number of benzene rings is 2. The Kier molecular flexibility index (Phi) is 8.46. The fraction of sp³-hybridized carbons (Fsp3) is 0.379. The molecule has 0 unspecified atom stereocenters. The quantitative estimate of drug-likeness (QED) is 0.456. The highest BCUT2D eigenvalue weighted by molar-refractivity contribution is 5.44. The van der Waals surface area contributed by atoms with E-state index in [1.165, 1.54) is 6.07 Å². The number of halogens is 1. The number of anilines is 1. The van der Waals surface area contributed by atoms with Crippen molar-refractivity contribution in [2.75, 3.05) is 57.4 Å². The molecular weight excluding hydrogens is 471 g/mol. The number of ether oxygens (including phenoxy) is 3. The van der Waals surface area contributed by atoms with E-state index in [1.807, 2.05) is 36.4 Å². The monoisotopic (exact) mass is 502 g/mol. The third-order valence-corrected chi connectivity index (χ3v) is 6.52. The van der Waals surface area contributed by atoms with Gasteiger partial charge in [0.2, 0.25) is 0 Å². The minimum absolute atomic E-state index is 0.00666. The number of hydrogen-bond acceptors (Lipinski definition) is 7. The standard InChI is InChI=1S/C29H31FN4O3/c30-27-3-1-2-4-28(27)37-26-13-15-34(16-14-26)29-12-9-24(31-32-29)8-5-23-6-10-25(11-7-23)36-22-19-33-17-20-35-21-18-33/h1-4,6-7,9-12,26H,13-22H2. The first kappa shape index (κ1) is 25.0. The number of piperidine rings is 1. The second kappa shape index (κ2) is 12.5. The Morgan fingerprint density at radius 3 is 2.41 bits per heavy atom. The Labute approximate surface area is 217 Å². The van der Waals surface area contributed by atoms with E-state index < -0.39 is 0 Å². The van der Waals surface area contributed by atoms with Gasteiger partial charge in [-0.2, -0.15) is 0 Å². The summed E-state index contributed by atoms with van der Waals surface area (Å²) in [6, 6.07) is 18.2. The average Bonchev–Trinajstić information content (AvgIpc) is 2.95. The molecule has 3 aromatic rings. The normalized spacial score (nSPS) is 16.6. The summed E-state index contributed by atoms with van der Waals surface area (Å²) in [6.07, 6.45) is 1.59. The van der Waals surface area contributed by atoms with Crippen LogP contribution < -0.4 is 14.4 Å². The van der Waals surface area contributed by atoms with Crippen LogP contribution in [-0.4, -0.2) is 73.7 Å². The van der Waals surface area contributed by atoms with Gasteiger partial charge in [-0.05, 0) is 54.5 Å². The van der Waals surface area contributed by atoms with Gasteiger partial charge in [0.15, 0.2) is 17.4 Å². The van der Waals surface area contributed by atoms with Crippen LogP contribution in [0, 0.1) is 17.7 Å². The molecule has 8 heteroatoms. The summed E-state index contributed by atoms with van der Waals surface area (Å²) >= 11 is 0. The van der Waals surface area contributed by atoms with Crippen LogP contribution in [0.1, 0.15) is 24.1 Å². The second-order valence-corrected chi connectivity index (χ2v) is 9.09. The van der Waals surface area contributed by atoms with E-state index in [4.69, 9.17) is 14.2 Å². The van der Waals surface area contributed by atoms with Crippen molar-refractivity contribution >= 4 is 5.82 Å². The molecular formula is C29H31FN4O3. The molecule has 192 valence electrons. The van der Waals surface area contributed by atoms with Gasteiger partial charge >= 0.3 is 0 Å². The lowest BCUT2D eigenvalue weighted by Gasteiger charge is -2.32. The molecule has 0 N–H and O–H groups in total. The van der Waals surface area contributed by atoms with E-state index >= 15 is 0 Å². The van der Waals surface area contributed by atoms with Gasteiger partial charge in [-0.1, -0.05) is 18.1 Å². The van der Waals surface area contributed by atoms with Crippen LogP contribution in [-0.2, 0) is 4.74 Å². The topological polar surface area (TPSA) is 60.0 Å². The molecule has 7 nitrogen and oxygen atoms in total. The van der Waals surface area contributed by atoms with E-state index in [0.717, 1.165) is 75.9 Å². The molecule has 0 radical (unpaired) electrons. The molecule has 2 aromatic carbocycles. The van der Waals surface area contributed by atoms with Crippen molar-refractivity contribution in [3.8, 4) is 23.3 Å². The van der Waals surface area contributed by atoms with Gasteiger partial charge in [-0.15, -0.1) is 10.2 Å². The fourth-order valence-corrected chi connectivity index (χ4v) is 4.37. The van der Waals surface area contributed by atoms with Gasteiger partial charge in [0.25, 0.3) is 0 Å². The van der Waals surface area contributed by atoms with Gasteiger partial charge in [-0.3, -0.25) is 4.90 Å². The number of aromatic nitrogens is 2. The fourth-order valence-electron chi connectivity index (χ4n) is 4.37. The van der Waals surface area contributed by atoms with Crippen molar-refractivity contribution in [1.29, 1.82) is 0 Å². The lowest BCUT2D eigenvalue weighted by molar-refractivity contribution is 0.0322. The third-order valence-electron chi connectivity index (χ3n) is 6.52.